The van der Waals surface area contributed by atoms with Crippen LogP contribution in [0.15, 0.2) is 109 Å². The molecule has 0 amide bonds. The Kier molecular flexibility index (Phi) is 50.5. The molecule has 0 heterocycles. The van der Waals surface area contributed by atoms with Crippen molar-refractivity contribution in [3.63, 3.8) is 0 Å². The summed E-state index contributed by atoms with van der Waals surface area (Å²) in [6.45, 7) is 6.32. The number of hydrogen-bond donors (Lipinski definition) is 0. The van der Waals surface area contributed by atoms with Gasteiger partial charge in [0.2, 0.25) is 0 Å². The molecule has 0 radical (unpaired) electrons. The maximum Gasteiger partial charge on any atom is 0.306 e. The summed E-state index contributed by atoms with van der Waals surface area (Å²) in [7, 11) is 0. The second-order valence-corrected chi connectivity index (χ2v) is 17.4. The first-order chi connectivity index (χ1) is 32.5. The minimum Gasteiger partial charge on any atom is -0.462 e. The Bertz CT molecular complexity index is 1370. The molecule has 374 valence electrons. The van der Waals surface area contributed by atoms with Crippen LogP contribution >= 0.6 is 0 Å². The lowest BCUT2D eigenvalue weighted by atomic mass is 10.1. The zero-order valence-electron chi connectivity index (χ0n) is 42.7. The van der Waals surface area contributed by atoms with Crippen LogP contribution in [-0.2, 0) is 28.6 Å². The molecule has 6 heteroatoms. The second-order valence-electron chi connectivity index (χ2n) is 17.4. The molecule has 0 saturated heterocycles. The van der Waals surface area contributed by atoms with E-state index in [0.717, 1.165) is 96.3 Å². The summed E-state index contributed by atoms with van der Waals surface area (Å²) >= 11 is 0. The van der Waals surface area contributed by atoms with E-state index >= 15 is 0 Å². The molecule has 0 N–H and O–H groups in total. The number of allylic oxidation sites excluding steroid dienone is 18. The Balaban J connectivity index is 4.49. The Morgan fingerprint density at radius 3 is 1.00 bits per heavy atom. The summed E-state index contributed by atoms with van der Waals surface area (Å²) in [6, 6.07) is 0. The molecule has 0 rings (SSSR count). The molecule has 0 saturated carbocycles. The van der Waals surface area contributed by atoms with Crippen LogP contribution in [0.3, 0.4) is 0 Å². The van der Waals surface area contributed by atoms with Crippen molar-refractivity contribution in [2.24, 2.45) is 0 Å². The topological polar surface area (TPSA) is 78.9 Å². The molecule has 0 aliphatic rings. The molecule has 6 nitrogen and oxygen atoms in total. The van der Waals surface area contributed by atoms with Crippen molar-refractivity contribution in [1.82, 2.24) is 0 Å². The Morgan fingerprint density at radius 2 is 0.606 bits per heavy atom. The average molecular weight is 915 g/mol. The summed E-state index contributed by atoms with van der Waals surface area (Å²) in [4.78, 5) is 38.0. The third-order valence-corrected chi connectivity index (χ3v) is 11.0. The van der Waals surface area contributed by atoms with Gasteiger partial charge in [0.05, 0.1) is 0 Å². The largest absolute Gasteiger partial charge is 0.462 e. The molecule has 0 bridgehead atoms. The predicted octanol–water partition coefficient (Wildman–Crippen LogP) is 17.9. The third kappa shape index (κ3) is 51.1. The average Bonchev–Trinajstić information content (AvgIpc) is 3.31. The van der Waals surface area contributed by atoms with Gasteiger partial charge in [-0.1, -0.05) is 207 Å². The van der Waals surface area contributed by atoms with Gasteiger partial charge in [0.15, 0.2) is 6.10 Å². The van der Waals surface area contributed by atoms with E-state index in [1.54, 1.807) is 0 Å². The predicted molar refractivity (Wildman–Crippen MR) is 283 cm³/mol. The number of carbonyl (C=O) groups is 3. The van der Waals surface area contributed by atoms with E-state index in [9.17, 15) is 14.4 Å². The van der Waals surface area contributed by atoms with Crippen LogP contribution in [0.5, 0.6) is 0 Å². The lowest BCUT2D eigenvalue weighted by Gasteiger charge is -2.18. The minimum absolute atomic E-state index is 0.115. The van der Waals surface area contributed by atoms with E-state index in [1.807, 2.05) is 0 Å². The highest BCUT2D eigenvalue weighted by atomic mass is 16.6. The van der Waals surface area contributed by atoms with Gasteiger partial charge in [-0.2, -0.15) is 0 Å². The van der Waals surface area contributed by atoms with E-state index in [1.165, 1.54) is 83.5 Å². The van der Waals surface area contributed by atoms with Crippen molar-refractivity contribution in [2.45, 2.75) is 239 Å². The number of unbranched alkanes of at least 4 members (excludes halogenated alkanes) is 18. The van der Waals surface area contributed by atoms with Gasteiger partial charge in [0.25, 0.3) is 0 Å². The van der Waals surface area contributed by atoms with Crippen molar-refractivity contribution in [3.8, 4) is 0 Å². The number of ether oxygens (including phenoxy) is 3. The van der Waals surface area contributed by atoms with Crippen LogP contribution in [-0.4, -0.2) is 37.2 Å². The first-order valence-electron chi connectivity index (χ1n) is 26.9. The lowest BCUT2D eigenvalue weighted by molar-refractivity contribution is -0.167. The van der Waals surface area contributed by atoms with Crippen LogP contribution in [0, 0.1) is 0 Å². The van der Waals surface area contributed by atoms with Gasteiger partial charge in [-0.3, -0.25) is 14.4 Å². The van der Waals surface area contributed by atoms with Crippen LogP contribution < -0.4 is 0 Å². The molecule has 1 atom stereocenters. The summed E-state index contributed by atoms with van der Waals surface area (Å²) in [5.74, 6) is -1.02. The van der Waals surface area contributed by atoms with Gasteiger partial charge < -0.3 is 14.2 Å². The summed E-state index contributed by atoms with van der Waals surface area (Å²) in [6.07, 6.45) is 72.3. The molecule has 0 fully saturated rings. The summed E-state index contributed by atoms with van der Waals surface area (Å²) in [5.41, 5.74) is 0. The molecular formula is C60H98O6. The molecule has 0 aromatic heterocycles. The Hall–Kier alpha value is -3.93. The van der Waals surface area contributed by atoms with Gasteiger partial charge in [-0.05, 0) is 116 Å². The SMILES string of the molecule is CC/C=C\C/C=C\C/C=C\CCCCCCCCCCCC(=O)OCC(COC(=O)CCCC/C=C\C/C=C\C/C=C\CC)OC(=O)CCC/C=C\C/C=C\C/C=C\CCCCCCCC. The normalized spacial score (nSPS) is 13.0. The summed E-state index contributed by atoms with van der Waals surface area (Å²) in [5, 5.41) is 0. The van der Waals surface area contributed by atoms with Crippen LogP contribution in [0.2, 0.25) is 0 Å². The van der Waals surface area contributed by atoms with Crippen LogP contribution in [0.1, 0.15) is 233 Å². The number of hydrogen-bond acceptors (Lipinski definition) is 6. The third-order valence-electron chi connectivity index (χ3n) is 11.0. The fourth-order valence-electron chi connectivity index (χ4n) is 7.02. The van der Waals surface area contributed by atoms with Gasteiger partial charge in [-0.25, -0.2) is 0 Å². The molecule has 1 unspecified atom stereocenters. The molecule has 66 heavy (non-hydrogen) atoms. The minimum atomic E-state index is -0.824. The van der Waals surface area contributed by atoms with Crippen molar-refractivity contribution in [2.75, 3.05) is 13.2 Å². The number of esters is 3. The fraction of sp³-hybridized carbons (Fsp3) is 0.650. The van der Waals surface area contributed by atoms with Crippen LogP contribution in [0.4, 0.5) is 0 Å². The molecule has 0 aromatic rings. The molecule has 0 aliphatic carbocycles. The maximum atomic E-state index is 12.8. The fourth-order valence-corrected chi connectivity index (χ4v) is 7.02. The molecule has 0 aliphatic heterocycles. The van der Waals surface area contributed by atoms with E-state index < -0.39 is 6.10 Å². The Morgan fingerprint density at radius 1 is 0.318 bits per heavy atom. The standard InChI is InChI=1S/C60H98O6/c1-4-7-10-13-16-19-22-25-27-29-30-32-33-35-38-41-44-47-50-53-59(62)65-56-57(55-64-58(61)52-49-46-43-40-37-24-21-18-15-12-9-6-3)66-60(63)54-51-48-45-42-39-36-34-31-28-26-23-20-17-14-11-8-5-2/h7,9-10,12,16,18-19,21,25-28,34,36-37,40,42,45,57H,4-6,8,11,13-15,17,20,22-24,29-33,35,38-39,41,43-44,46-56H2,1-3H3/b10-7-,12-9-,19-16-,21-18-,27-25-,28-26-,36-34-,40-37-,45-42-. The first kappa shape index (κ1) is 62.1. The van der Waals surface area contributed by atoms with E-state index in [0.29, 0.717) is 25.7 Å². The van der Waals surface area contributed by atoms with Crippen molar-refractivity contribution in [1.29, 1.82) is 0 Å². The number of rotatable bonds is 47. The smallest absolute Gasteiger partial charge is 0.306 e. The highest BCUT2D eigenvalue weighted by Gasteiger charge is 2.19. The van der Waals surface area contributed by atoms with Gasteiger partial charge in [0.1, 0.15) is 13.2 Å². The zero-order chi connectivity index (χ0) is 47.9. The van der Waals surface area contributed by atoms with Crippen molar-refractivity contribution in [3.05, 3.63) is 109 Å². The molecule has 0 spiro atoms. The van der Waals surface area contributed by atoms with Gasteiger partial charge in [-0.15, -0.1) is 0 Å². The Labute approximate surface area is 406 Å². The number of carbonyl (C=O) groups excluding carboxylic acids is 3. The summed E-state index contributed by atoms with van der Waals surface area (Å²) < 4.78 is 16.7. The van der Waals surface area contributed by atoms with E-state index in [-0.39, 0.29) is 37.5 Å². The van der Waals surface area contributed by atoms with Gasteiger partial charge in [0, 0.05) is 19.3 Å². The van der Waals surface area contributed by atoms with E-state index in [2.05, 4.69) is 130 Å². The van der Waals surface area contributed by atoms with Crippen molar-refractivity contribution < 1.29 is 28.6 Å². The van der Waals surface area contributed by atoms with Crippen LogP contribution in [0.25, 0.3) is 0 Å². The second kappa shape index (κ2) is 53.7. The van der Waals surface area contributed by atoms with E-state index in [4.69, 9.17) is 14.2 Å². The molecule has 0 aromatic carbocycles. The molecular weight excluding hydrogens is 817 g/mol. The lowest BCUT2D eigenvalue weighted by Crippen LogP contribution is -2.30. The van der Waals surface area contributed by atoms with Gasteiger partial charge >= 0.3 is 17.9 Å². The highest BCUT2D eigenvalue weighted by molar-refractivity contribution is 5.71. The quantitative estimate of drug-likeness (QED) is 0.0262. The first-order valence-corrected chi connectivity index (χ1v) is 26.9. The maximum absolute atomic E-state index is 12.8. The highest BCUT2D eigenvalue weighted by Crippen LogP contribution is 2.13. The van der Waals surface area contributed by atoms with Crippen molar-refractivity contribution >= 4 is 17.9 Å². The monoisotopic (exact) mass is 915 g/mol. The zero-order valence-corrected chi connectivity index (χ0v) is 42.7.